The van der Waals surface area contributed by atoms with E-state index in [-0.39, 0.29) is 16.7 Å². The van der Waals surface area contributed by atoms with Crippen LogP contribution in [0.25, 0.3) is 0 Å². The van der Waals surface area contributed by atoms with Gasteiger partial charge in [0.1, 0.15) is 4.21 Å². The van der Waals surface area contributed by atoms with Crippen LogP contribution in [-0.2, 0) is 19.6 Å². The number of likely N-dealkylation sites (N-methyl/N-ethyl adjacent to an activating group) is 1. The summed E-state index contributed by atoms with van der Waals surface area (Å²) in [4.78, 5) is 11.5. The zero-order valence-corrected chi connectivity index (χ0v) is 11.9. The van der Waals surface area contributed by atoms with Gasteiger partial charge in [-0.1, -0.05) is 6.07 Å². The van der Waals surface area contributed by atoms with E-state index in [1.54, 1.807) is 11.4 Å². The Labute approximate surface area is 111 Å². The smallest absolute Gasteiger partial charge is 0.252 e. The van der Waals surface area contributed by atoms with E-state index in [0.29, 0.717) is 13.2 Å². The molecule has 1 amide bonds. The molecular formula is C10H16N2O4S2. The molecule has 6 nitrogen and oxygen atoms in total. The predicted molar refractivity (Wildman–Crippen MR) is 69.0 cm³/mol. The third-order valence-corrected chi connectivity index (χ3v) is 5.33. The molecule has 0 fully saturated rings. The van der Waals surface area contributed by atoms with Crippen molar-refractivity contribution >= 4 is 27.3 Å². The maximum atomic E-state index is 12.0. The summed E-state index contributed by atoms with van der Waals surface area (Å²) in [7, 11) is -0.654. The van der Waals surface area contributed by atoms with E-state index in [1.807, 2.05) is 0 Å². The molecule has 8 heteroatoms. The highest BCUT2D eigenvalue weighted by molar-refractivity contribution is 7.91. The van der Waals surface area contributed by atoms with Gasteiger partial charge in [0.15, 0.2) is 0 Å². The summed E-state index contributed by atoms with van der Waals surface area (Å²) in [5, 5.41) is 4.25. The van der Waals surface area contributed by atoms with Crippen LogP contribution in [-0.4, -0.2) is 52.5 Å². The molecule has 0 bridgehead atoms. The molecule has 1 rings (SSSR count). The topological polar surface area (TPSA) is 75.7 Å². The summed E-state index contributed by atoms with van der Waals surface area (Å²) in [6.07, 6.45) is 0. The molecule has 0 aliphatic heterocycles. The number of carbonyl (C=O) groups is 1. The Hall–Kier alpha value is -0.960. The fraction of sp³-hybridized carbons (Fsp3) is 0.500. The highest BCUT2D eigenvalue weighted by atomic mass is 32.2. The Morgan fingerprint density at radius 2 is 2.28 bits per heavy atom. The van der Waals surface area contributed by atoms with E-state index in [9.17, 15) is 13.2 Å². The first-order valence-corrected chi connectivity index (χ1v) is 7.56. The van der Waals surface area contributed by atoms with Gasteiger partial charge < -0.3 is 10.1 Å². The lowest BCUT2D eigenvalue weighted by Crippen LogP contribution is -2.39. The van der Waals surface area contributed by atoms with E-state index in [4.69, 9.17) is 4.74 Å². The number of ether oxygens (including phenoxy) is 1. The van der Waals surface area contributed by atoms with Gasteiger partial charge in [0.2, 0.25) is 5.91 Å². The minimum absolute atomic E-state index is 0.204. The Morgan fingerprint density at radius 3 is 2.83 bits per heavy atom. The van der Waals surface area contributed by atoms with Gasteiger partial charge in [-0.25, -0.2) is 8.42 Å². The van der Waals surface area contributed by atoms with Gasteiger partial charge >= 0.3 is 0 Å². The van der Waals surface area contributed by atoms with Crippen LogP contribution >= 0.6 is 11.3 Å². The number of rotatable bonds is 7. The van der Waals surface area contributed by atoms with Crippen LogP contribution < -0.4 is 5.32 Å². The summed E-state index contributed by atoms with van der Waals surface area (Å²) in [5.74, 6) is -0.352. The number of thiophene rings is 1. The van der Waals surface area contributed by atoms with Crippen molar-refractivity contribution in [3.05, 3.63) is 17.5 Å². The monoisotopic (exact) mass is 292 g/mol. The van der Waals surface area contributed by atoms with Crippen LogP contribution in [0.2, 0.25) is 0 Å². The second kappa shape index (κ2) is 6.83. The number of amides is 1. The van der Waals surface area contributed by atoms with Crippen LogP contribution in [0.1, 0.15) is 0 Å². The molecule has 0 unspecified atom stereocenters. The molecule has 0 spiro atoms. The Balaban J connectivity index is 2.55. The highest BCUT2D eigenvalue weighted by Gasteiger charge is 2.23. The van der Waals surface area contributed by atoms with Crippen molar-refractivity contribution in [2.75, 3.05) is 33.9 Å². The van der Waals surface area contributed by atoms with E-state index < -0.39 is 10.0 Å². The van der Waals surface area contributed by atoms with Gasteiger partial charge in [-0.15, -0.1) is 11.3 Å². The van der Waals surface area contributed by atoms with Gasteiger partial charge in [0.25, 0.3) is 10.0 Å². The van der Waals surface area contributed by atoms with E-state index >= 15 is 0 Å². The Bertz CT molecular complexity index is 470. The molecule has 18 heavy (non-hydrogen) atoms. The molecule has 0 aliphatic carbocycles. The maximum Gasteiger partial charge on any atom is 0.252 e. The molecule has 0 saturated carbocycles. The lowest BCUT2D eigenvalue weighted by molar-refractivity contribution is -0.121. The molecule has 0 aromatic carbocycles. The van der Waals surface area contributed by atoms with Crippen molar-refractivity contribution in [2.24, 2.45) is 0 Å². The van der Waals surface area contributed by atoms with Crippen molar-refractivity contribution < 1.29 is 17.9 Å². The van der Waals surface area contributed by atoms with E-state index in [2.05, 4.69) is 5.32 Å². The standard InChI is InChI=1S/C10H16N2O4S2/c1-12(8-9(13)11-5-6-16-2)18(14,15)10-4-3-7-17-10/h3-4,7H,5-6,8H2,1-2H3,(H,11,13). The summed E-state index contributed by atoms with van der Waals surface area (Å²) >= 11 is 1.13. The third-order valence-electron chi connectivity index (χ3n) is 2.15. The first kappa shape index (κ1) is 15.1. The minimum atomic E-state index is -3.56. The predicted octanol–water partition coefficient (Wildman–Crippen LogP) is 0.131. The zero-order chi connectivity index (χ0) is 13.6. The average molecular weight is 292 g/mol. The number of sulfonamides is 1. The van der Waals surface area contributed by atoms with Gasteiger partial charge in [-0.3, -0.25) is 4.79 Å². The van der Waals surface area contributed by atoms with Gasteiger partial charge in [0.05, 0.1) is 13.2 Å². The van der Waals surface area contributed by atoms with Crippen molar-refractivity contribution in [1.29, 1.82) is 0 Å². The first-order chi connectivity index (χ1) is 8.48. The molecule has 102 valence electrons. The van der Waals surface area contributed by atoms with Crippen LogP contribution in [0.3, 0.4) is 0 Å². The van der Waals surface area contributed by atoms with Crippen LogP contribution in [0.4, 0.5) is 0 Å². The summed E-state index contributed by atoms with van der Waals surface area (Å²) in [6.45, 7) is 0.555. The van der Waals surface area contributed by atoms with Crippen molar-refractivity contribution in [3.63, 3.8) is 0 Å². The van der Waals surface area contributed by atoms with Gasteiger partial charge in [0, 0.05) is 20.7 Å². The largest absolute Gasteiger partial charge is 0.383 e. The molecular weight excluding hydrogens is 276 g/mol. The Morgan fingerprint density at radius 1 is 1.56 bits per heavy atom. The lowest BCUT2D eigenvalue weighted by Gasteiger charge is -2.15. The van der Waals surface area contributed by atoms with Crippen molar-refractivity contribution in [2.45, 2.75) is 4.21 Å². The Kier molecular flexibility index (Phi) is 5.73. The molecule has 0 aliphatic rings. The molecule has 1 N–H and O–H groups in total. The third kappa shape index (κ3) is 4.05. The zero-order valence-electron chi connectivity index (χ0n) is 10.3. The fourth-order valence-electron chi connectivity index (χ4n) is 1.20. The lowest BCUT2D eigenvalue weighted by atomic mass is 10.5. The first-order valence-electron chi connectivity index (χ1n) is 5.24. The quantitative estimate of drug-likeness (QED) is 0.725. The summed E-state index contributed by atoms with van der Waals surface area (Å²) in [5.41, 5.74) is 0. The summed E-state index contributed by atoms with van der Waals surface area (Å²) in [6, 6.07) is 3.17. The number of carbonyl (C=O) groups excluding carboxylic acids is 1. The second-order valence-corrected chi connectivity index (χ2v) is 6.76. The van der Waals surface area contributed by atoms with Crippen LogP contribution in [0.15, 0.2) is 21.7 Å². The van der Waals surface area contributed by atoms with Crippen molar-refractivity contribution in [3.8, 4) is 0 Å². The number of nitrogens with zero attached hydrogens (tertiary/aromatic N) is 1. The number of hydrogen-bond acceptors (Lipinski definition) is 5. The van der Waals surface area contributed by atoms with E-state index in [1.165, 1.54) is 20.2 Å². The molecule has 1 aromatic heterocycles. The molecule has 1 heterocycles. The average Bonchev–Trinajstić information content (AvgIpc) is 2.83. The summed E-state index contributed by atoms with van der Waals surface area (Å²) < 4.78 is 30.0. The van der Waals surface area contributed by atoms with E-state index in [0.717, 1.165) is 15.6 Å². The van der Waals surface area contributed by atoms with Crippen molar-refractivity contribution in [1.82, 2.24) is 9.62 Å². The van der Waals surface area contributed by atoms with Crippen LogP contribution in [0, 0.1) is 0 Å². The molecule has 0 radical (unpaired) electrons. The van der Waals surface area contributed by atoms with Crippen LogP contribution in [0.5, 0.6) is 0 Å². The SMILES string of the molecule is COCCNC(=O)CN(C)S(=O)(=O)c1cccs1. The number of hydrogen-bond donors (Lipinski definition) is 1. The van der Waals surface area contributed by atoms with Gasteiger partial charge in [-0.2, -0.15) is 4.31 Å². The highest BCUT2D eigenvalue weighted by Crippen LogP contribution is 2.19. The molecule has 0 atom stereocenters. The normalized spacial score (nSPS) is 11.7. The number of methoxy groups -OCH3 is 1. The second-order valence-electron chi connectivity index (χ2n) is 3.54. The minimum Gasteiger partial charge on any atom is -0.383 e. The maximum absolute atomic E-state index is 12.0. The van der Waals surface area contributed by atoms with Gasteiger partial charge in [-0.05, 0) is 11.4 Å². The molecule has 1 aromatic rings. The number of nitrogens with one attached hydrogen (secondary N) is 1. The fourth-order valence-corrected chi connectivity index (χ4v) is 3.53. The molecule has 0 saturated heterocycles.